The van der Waals surface area contributed by atoms with E-state index < -0.39 is 24.6 Å². The molecule has 0 unspecified atom stereocenters. The van der Waals surface area contributed by atoms with Gasteiger partial charge in [-0.3, -0.25) is 9.59 Å². The number of hydrogen-bond donors (Lipinski definition) is 1. The Balaban J connectivity index is 3.01. The fourth-order valence-electron chi connectivity index (χ4n) is 1.67. The van der Waals surface area contributed by atoms with Gasteiger partial charge in [0.15, 0.2) is 5.78 Å². The van der Waals surface area contributed by atoms with E-state index in [1.807, 2.05) is 0 Å². The summed E-state index contributed by atoms with van der Waals surface area (Å²) in [6, 6.07) is 2.28. The van der Waals surface area contributed by atoms with Gasteiger partial charge in [0.2, 0.25) is 0 Å². The van der Waals surface area contributed by atoms with Crippen molar-refractivity contribution in [2.24, 2.45) is 0 Å². The standard InChI is InChI=1S/C14H15BrF2O4/c1-2-12(18)9-5-10(15)11(17)6-13(9)21-8(7-16)3-4-14(19)20/h5-6,8H,2-4,7H2,1H3,(H,19,20)/t8-/m1/s1. The fraction of sp³-hybridized carbons (Fsp3) is 0.429. The minimum Gasteiger partial charge on any atom is -0.487 e. The SMILES string of the molecule is CCC(=O)c1cc(Br)c(F)cc1O[C@@H](CF)CCC(=O)O. The minimum atomic E-state index is -1.08. The number of aliphatic carboxylic acids is 1. The molecule has 0 heterocycles. The highest BCUT2D eigenvalue weighted by Crippen LogP contribution is 2.29. The molecular formula is C14H15BrF2O4. The van der Waals surface area contributed by atoms with E-state index in [4.69, 9.17) is 9.84 Å². The average molecular weight is 365 g/mol. The molecule has 0 aliphatic heterocycles. The molecule has 0 amide bonds. The molecule has 1 aromatic rings. The largest absolute Gasteiger partial charge is 0.487 e. The van der Waals surface area contributed by atoms with Gasteiger partial charge in [0.1, 0.15) is 24.3 Å². The number of carboxylic acid groups (broad SMARTS) is 1. The first-order valence-electron chi connectivity index (χ1n) is 6.35. The Kier molecular flexibility index (Phi) is 6.74. The average Bonchev–Trinajstić information content (AvgIpc) is 2.45. The summed E-state index contributed by atoms with van der Waals surface area (Å²) in [6.45, 7) is 0.713. The van der Waals surface area contributed by atoms with E-state index in [1.165, 1.54) is 6.07 Å². The van der Waals surface area contributed by atoms with Crippen molar-refractivity contribution in [1.29, 1.82) is 0 Å². The van der Waals surface area contributed by atoms with Gasteiger partial charge >= 0.3 is 5.97 Å². The molecule has 0 aliphatic carbocycles. The van der Waals surface area contributed by atoms with Gasteiger partial charge in [-0.2, -0.15) is 0 Å². The lowest BCUT2D eigenvalue weighted by molar-refractivity contribution is -0.137. The number of ether oxygens (including phenoxy) is 1. The highest BCUT2D eigenvalue weighted by Gasteiger charge is 2.19. The number of halogens is 3. The third-order valence-corrected chi connectivity index (χ3v) is 3.40. The molecule has 1 rings (SSSR count). The van der Waals surface area contributed by atoms with Crippen molar-refractivity contribution >= 4 is 27.7 Å². The zero-order valence-corrected chi connectivity index (χ0v) is 13.0. The Morgan fingerprint density at radius 1 is 1.43 bits per heavy atom. The molecule has 0 aliphatic rings. The van der Waals surface area contributed by atoms with Gasteiger partial charge in [0, 0.05) is 18.9 Å². The third-order valence-electron chi connectivity index (χ3n) is 2.79. The first kappa shape index (κ1) is 17.6. The highest BCUT2D eigenvalue weighted by atomic mass is 79.9. The summed E-state index contributed by atoms with van der Waals surface area (Å²) in [6.07, 6.45) is -1.19. The van der Waals surface area contributed by atoms with Crippen LogP contribution in [0.3, 0.4) is 0 Å². The van der Waals surface area contributed by atoms with Crippen LogP contribution < -0.4 is 4.74 Å². The number of carbonyl (C=O) groups excluding carboxylic acids is 1. The second-order valence-corrected chi connectivity index (χ2v) is 5.22. The fourth-order valence-corrected chi connectivity index (χ4v) is 2.01. The lowest BCUT2D eigenvalue weighted by Crippen LogP contribution is -2.21. The molecule has 0 saturated heterocycles. The normalized spacial score (nSPS) is 12.0. The van der Waals surface area contributed by atoms with Crippen molar-refractivity contribution in [2.45, 2.75) is 32.3 Å². The molecule has 4 nitrogen and oxygen atoms in total. The number of ketones is 1. The Bertz CT molecular complexity index is 534. The molecule has 0 aromatic heterocycles. The van der Waals surface area contributed by atoms with Gasteiger partial charge in [-0.05, 0) is 28.4 Å². The molecular weight excluding hydrogens is 350 g/mol. The van der Waals surface area contributed by atoms with Gasteiger partial charge in [-0.25, -0.2) is 8.78 Å². The molecule has 1 aromatic carbocycles. The van der Waals surface area contributed by atoms with Gasteiger partial charge in [-0.1, -0.05) is 6.92 Å². The summed E-state index contributed by atoms with van der Waals surface area (Å²) >= 11 is 2.98. The summed E-state index contributed by atoms with van der Waals surface area (Å²) < 4.78 is 31.8. The summed E-state index contributed by atoms with van der Waals surface area (Å²) in [5.41, 5.74) is 0.138. The van der Waals surface area contributed by atoms with Crippen LogP contribution in [0.5, 0.6) is 5.75 Å². The molecule has 0 fully saturated rings. The Labute approximate surface area is 129 Å². The zero-order valence-electron chi connectivity index (χ0n) is 11.4. The maximum atomic E-state index is 13.6. The second kappa shape index (κ2) is 8.07. The first-order valence-corrected chi connectivity index (χ1v) is 7.15. The number of alkyl halides is 1. The molecule has 0 radical (unpaired) electrons. The van der Waals surface area contributed by atoms with Gasteiger partial charge in [0.05, 0.1) is 10.0 Å². The molecule has 0 bridgehead atoms. The maximum Gasteiger partial charge on any atom is 0.303 e. The van der Waals surface area contributed by atoms with Gasteiger partial charge in [0.25, 0.3) is 0 Å². The van der Waals surface area contributed by atoms with Crippen LogP contribution in [0, 0.1) is 5.82 Å². The van der Waals surface area contributed by atoms with E-state index in [0.717, 1.165) is 6.07 Å². The quantitative estimate of drug-likeness (QED) is 0.713. The van der Waals surface area contributed by atoms with Crippen LogP contribution in [0.25, 0.3) is 0 Å². The third kappa shape index (κ3) is 5.08. The lowest BCUT2D eigenvalue weighted by Gasteiger charge is -2.18. The molecule has 0 saturated carbocycles. The van der Waals surface area contributed by atoms with E-state index in [-0.39, 0.29) is 40.8 Å². The monoisotopic (exact) mass is 364 g/mol. The molecule has 21 heavy (non-hydrogen) atoms. The number of Topliss-reactive ketones (excluding diaryl/α,β-unsaturated/α-hetero) is 1. The summed E-state index contributed by atoms with van der Waals surface area (Å²) in [4.78, 5) is 22.3. The molecule has 1 atom stereocenters. The van der Waals surface area contributed by atoms with Gasteiger partial charge in [-0.15, -0.1) is 0 Å². The predicted molar refractivity (Wildman–Crippen MR) is 76.0 cm³/mol. The number of carbonyl (C=O) groups is 2. The molecule has 7 heteroatoms. The smallest absolute Gasteiger partial charge is 0.303 e. The summed E-state index contributed by atoms with van der Waals surface area (Å²) in [5.74, 6) is -2.07. The van der Waals surface area contributed by atoms with Crippen LogP contribution in [0.4, 0.5) is 8.78 Å². The summed E-state index contributed by atoms with van der Waals surface area (Å²) in [5, 5.41) is 8.59. The van der Waals surface area contributed by atoms with E-state index in [2.05, 4.69) is 15.9 Å². The van der Waals surface area contributed by atoms with Crippen molar-refractivity contribution < 1.29 is 28.2 Å². The first-order chi connectivity index (χ1) is 9.88. The van der Waals surface area contributed by atoms with Crippen molar-refractivity contribution in [2.75, 3.05) is 6.67 Å². The number of benzene rings is 1. The van der Waals surface area contributed by atoms with Crippen LogP contribution in [0.1, 0.15) is 36.5 Å². The summed E-state index contributed by atoms with van der Waals surface area (Å²) in [7, 11) is 0. The molecule has 0 spiro atoms. The van der Waals surface area contributed by atoms with E-state index >= 15 is 0 Å². The molecule has 116 valence electrons. The number of carboxylic acids is 1. The Morgan fingerprint density at radius 3 is 2.62 bits per heavy atom. The highest BCUT2D eigenvalue weighted by molar-refractivity contribution is 9.10. The second-order valence-electron chi connectivity index (χ2n) is 4.37. The Hall–Kier alpha value is -1.50. The van der Waals surface area contributed by atoms with E-state index in [9.17, 15) is 18.4 Å². The Morgan fingerprint density at radius 2 is 2.10 bits per heavy atom. The molecule has 1 N–H and O–H groups in total. The van der Waals surface area contributed by atoms with E-state index in [0.29, 0.717) is 0 Å². The lowest BCUT2D eigenvalue weighted by atomic mass is 10.1. The predicted octanol–water partition coefficient (Wildman–Crippen LogP) is 3.76. The van der Waals surface area contributed by atoms with Crippen LogP contribution in [0.15, 0.2) is 16.6 Å². The zero-order chi connectivity index (χ0) is 16.0. The minimum absolute atomic E-state index is 0.0662. The van der Waals surface area contributed by atoms with Crippen molar-refractivity contribution in [3.05, 3.63) is 28.0 Å². The van der Waals surface area contributed by atoms with Crippen LogP contribution >= 0.6 is 15.9 Å². The van der Waals surface area contributed by atoms with Crippen LogP contribution in [-0.2, 0) is 4.79 Å². The van der Waals surface area contributed by atoms with Gasteiger partial charge < -0.3 is 9.84 Å². The number of hydrogen-bond acceptors (Lipinski definition) is 3. The van der Waals surface area contributed by atoms with Crippen molar-refractivity contribution in [1.82, 2.24) is 0 Å². The van der Waals surface area contributed by atoms with Crippen LogP contribution in [-0.4, -0.2) is 29.6 Å². The van der Waals surface area contributed by atoms with E-state index in [1.54, 1.807) is 6.92 Å². The van der Waals surface area contributed by atoms with Crippen LogP contribution in [0.2, 0.25) is 0 Å². The topological polar surface area (TPSA) is 63.6 Å². The number of rotatable bonds is 8. The van der Waals surface area contributed by atoms with Crippen molar-refractivity contribution in [3.63, 3.8) is 0 Å². The maximum absolute atomic E-state index is 13.6. The van der Waals surface area contributed by atoms with Crippen molar-refractivity contribution in [3.8, 4) is 5.75 Å².